The highest BCUT2D eigenvalue weighted by molar-refractivity contribution is 9.10. The van der Waals surface area contributed by atoms with Gasteiger partial charge in [-0.25, -0.2) is 0 Å². The van der Waals surface area contributed by atoms with Crippen molar-refractivity contribution in [2.24, 2.45) is 0 Å². The van der Waals surface area contributed by atoms with Gasteiger partial charge in [0.25, 0.3) is 0 Å². The molecule has 1 aromatic heterocycles. The summed E-state index contributed by atoms with van der Waals surface area (Å²) in [5, 5.41) is 5.50. The molecule has 0 bridgehead atoms. The van der Waals surface area contributed by atoms with Gasteiger partial charge in [-0.05, 0) is 48.7 Å². The van der Waals surface area contributed by atoms with Gasteiger partial charge in [-0.3, -0.25) is 0 Å². The van der Waals surface area contributed by atoms with Crippen molar-refractivity contribution in [3.8, 4) is 0 Å². The molecule has 1 unspecified atom stereocenters. The molecule has 0 radical (unpaired) electrons. The molecule has 1 aromatic carbocycles. The first-order valence-corrected chi connectivity index (χ1v) is 6.86. The minimum atomic E-state index is 0.289. The lowest BCUT2D eigenvalue weighted by Gasteiger charge is -2.17. The molecule has 0 fully saturated rings. The molecule has 1 nitrogen and oxygen atoms in total. The monoisotopic (exact) mass is 295 g/mol. The van der Waals surface area contributed by atoms with Crippen molar-refractivity contribution in [1.29, 1.82) is 0 Å². The van der Waals surface area contributed by atoms with Gasteiger partial charge in [-0.15, -0.1) is 11.3 Å². The molecule has 0 saturated heterocycles. The predicted octanol–water partition coefficient (Wildman–Crippen LogP) is 4.13. The summed E-state index contributed by atoms with van der Waals surface area (Å²) >= 11 is 5.32. The number of aryl methyl sites for hydroxylation is 1. The van der Waals surface area contributed by atoms with Crippen LogP contribution in [-0.2, 0) is 0 Å². The highest BCUT2D eigenvalue weighted by Crippen LogP contribution is 2.29. The number of hydrogen-bond donors (Lipinski definition) is 1. The fourth-order valence-electron chi connectivity index (χ4n) is 1.83. The molecule has 0 aliphatic carbocycles. The molecule has 2 rings (SSSR count). The first-order valence-electron chi connectivity index (χ1n) is 5.19. The smallest absolute Gasteiger partial charge is 0.0671 e. The van der Waals surface area contributed by atoms with Crippen molar-refractivity contribution in [2.75, 3.05) is 7.05 Å². The highest BCUT2D eigenvalue weighted by atomic mass is 79.9. The van der Waals surface area contributed by atoms with Crippen molar-refractivity contribution in [1.82, 2.24) is 5.32 Å². The van der Waals surface area contributed by atoms with E-state index in [0.717, 1.165) is 4.47 Å². The average molecular weight is 296 g/mol. The van der Waals surface area contributed by atoms with Gasteiger partial charge in [0.2, 0.25) is 0 Å². The first-order chi connectivity index (χ1) is 7.72. The Morgan fingerprint density at radius 2 is 2.12 bits per heavy atom. The molecule has 3 heteroatoms. The number of halogens is 1. The van der Waals surface area contributed by atoms with Crippen LogP contribution in [0.2, 0.25) is 0 Å². The van der Waals surface area contributed by atoms with E-state index < -0.39 is 0 Å². The summed E-state index contributed by atoms with van der Waals surface area (Å²) in [5.41, 5.74) is 2.65. The molecule has 0 saturated carbocycles. The van der Waals surface area contributed by atoms with Crippen molar-refractivity contribution in [3.05, 3.63) is 56.2 Å². The van der Waals surface area contributed by atoms with E-state index in [1.807, 2.05) is 7.05 Å². The Kier molecular flexibility index (Phi) is 3.79. The van der Waals surface area contributed by atoms with Crippen molar-refractivity contribution >= 4 is 27.3 Å². The second kappa shape index (κ2) is 5.13. The third-order valence-corrected chi connectivity index (χ3v) is 4.10. The summed E-state index contributed by atoms with van der Waals surface area (Å²) in [4.78, 5) is 1.35. The van der Waals surface area contributed by atoms with E-state index in [4.69, 9.17) is 0 Å². The van der Waals surface area contributed by atoms with E-state index >= 15 is 0 Å². The van der Waals surface area contributed by atoms with Crippen LogP contribution in [0.15, 0.2) is 40.2 Å². The Labute approximate surface area is 109 Å². The van der Waals surface area contributed by atoms with E-state index in [1.54, 1.807) is 11.3 Å². The van der Waals surface area contributed by atoms with Crippen LogP contribution in [-0.4, -0.2) is 7.05 Å². The second-order valence-corrected chi connectivity index (χ2v) is 5.63. The van der Waals surface area contributed by atoms with E-state index in [-0.39, 0.29) is 6.04 Å². The molecule has 1 heterocycles. The average Bonchev–Trinajstić information content (AvgIpc) is 2.78. The van der Waals surface area contributed by atoms with Gasteiger partial charge in [-0.2, -0.15) is 0 Å². The van der Waals surface area contributed by atoms with Crippen molar-refractivity contribution in [3.63, 3.8) is 0 Å². The normalized spacial score (nSPS) is 12.7. The second-order valence-electron chi connectivity index (χ2n) is 3.74. The Hall–Kier alpha value is -0.640. The Morgan fingerprint density at radius 1 is 1.31 bits per heavy atom. The predicted molar refractivity (Wildman–Crippen MR) is 74.1 cm³/mol. The zero-order valence-corrected chi connectivity index (χ0v) is 11.7. The Bertz CT molecular complexity index is 465. The summed E-state index contributed by atoms with van der Waals surface area (Å²) < 4.78 is 1.13. The summed E-state index contributed by atoms with van der Waals surface area (Å²) in [6, 6.07) is 11.0. The van der Waals surface area contributed by atoms with E-state index in [2.05, 4.69) is 63.9 Å². The number of rotatable bonds is 3. The van der Waals surface area contributed by atoms with Crippen molar-refractivity contribution in [2.45, 2.75) is 13.0 Å². The number of benzene rings is 1. The topological polar surface area (TPSA) is 12.0 Å². The van der Waals surface area contributed by atoms with Gasteiger partial charge in [0.05, 0.1) is 6.04 Å². The number of nitrogens with one attached hydrogen (secondary N) is 1. The highest BCUT2D eigenvalue weighted by Gasteiger charge is 2.15. The molecule has 2 aromatic rings. The van der Waals surface area contributed by atoms with E-state index in [9.17, 15) is 0 Å². The van der Waals surface area contributed by atoms with Crippen LogP contribution in [0.1, 0.15) is 22.0 Å². The molecule has 1 atom stereocenters. The van der Waals surface area contributed by atoms with Gasteiger partial charge in [0.15, 0.2) is 0 Å². The molecule has 0 amide bonds. The quantitative estimate of drug-likeness (QED) is 0.898. The van der Waals surface area contributed by atoms with Crippen molar-refractivity contribution < 1.29 is 0 Å². The Balaban J connectivity index is 2.44. The lowest BCUT2D eigenvalue weighted by atomic mass is 10.0. The van der Waals surface area contributed by atoms with Crippen LogP contribution in [0.5, 0.6) is 0 Å². The molecule has 1 N–H and O–H groups in total. The van der Waals surface area contributed by atoms with Crippen LogP contribution < -0.4 is 5.32 Å². The SMILES string of the molecule is CNC(c1cccs1)c1cc(Br)ccc1C. The molecular weight excluding hydrogens is 282 g/mol. The largest absolute Gasteiger partial charge is 0.309 e. The molecule has 0 spiro atoms. The standard InChI is InChI=1S/C13H14BrNS/c1-9-5-6-10(14)8-11(9)13(15-2)12-4-3-7-16-12/h3-8,13,15H,1-2H3. The zero-order valence-electron chi connectivity index (χ0n) is 9.33. The lowest BCUT2D eigenvalue weighted by molar-refractivity contribution is 0.699. The Morgan fingerprint density at radius 3 is 2.75 bits per heavy atom. The summed E-state index contributed by atoms with van der Waals surface area (Å²) in [5.74, 6) is 0. The molecular formula is C13H14BrNS. The zero-order chi connectivity index (χ0) is 11.5. The van der Waals surface area contributed by atoms with Gasteiger partial charge in [0.1, 0.15) is 0 Å². The molecule has 0 aliphatic heterocycles. The molecule has 0 aliphatic rings. The fraction of sp³-hybridized carbons (Fsp3) is 0.231. The van der Waals surface area contributed by atoms with Crippen LogP contribution in [0.4, 0.5) is 0 Å². The van der Waals surface area contributed by atoms with E-state index in [1.165, 1.54) is 16.0 Å². The summed E-state index contributed by atoms with van der Waals surface area (Å²) in [7, 11) is 2.00. The minimum Gasteiger partial charge on any atom is -0.309 e. The minimum absolute atomic E-state index is 0.289. The molecule has 16 heavy (non-hydrogen) atoms. The van der Waals surface area contributed by atoms with Gasteiger partial charge < -0.3 is 5.32 Å². The lowest BCUT2D eigenvalue weighted by Crippen LogP contribution is -2.17. The van der Waals surface area contributed by atoms with Crippen LogP contribution in [0.25, 0.3) is 0 Å². The number of thiophene rings is 1. The van der Waals surface area contributed by atoms with Gasteiger partial charge in [0, 0.05) is 9.35 Å². The van der Waals surface area contributed by atoms with Gasteiger partial charge in [-0.1, -0.05) is 28.1 Å². The van der Waals surface area contributed by atoms with E-state index in [0.29, 0.717) is 0 Å². The first kappa shape index (κ1) is 11.8. The maximum atomic E-state index is 3.53. The summed E-state index contributed by atoms with van der Waals surface area (Å²) in [6.45, 7) is 2.15. The maximum absolute atomic E-state index is 3.53. The fourth-order valence-corrected chi connectivity index (χ4v) is 3.06. The number of hydrogen-bond acceptors (Lipinski definition) is 2. The van der Waals surface area contributed by atoms with Gasteiger partial charge >= 0.3 is 0 Å². The van der Waals surface area contributed by atoms with Crippen LogP contribution >= 0.6 is 27.3 Å². The summed E-state index contributed by atoms with van der Waals surface area (Å²) in [6.07, 6.45) is 0. The van der Waals surface area contributed by atoms with Crippen LogP contribution in [0, 0.1) is 6.92 Å². The molecule has 84 valence electrons. The third kappa shape index (κ3) is 2.37. The van der Waals surface area contributed by atoms with Crippen LogP contribution in [0.3, 0.4) is 0 Å². The maximum Gasteiger partial charge on any atom is 0.0671 e. The third-order valence-electron chi connectivity index (χ3n) is 2.67.